The maximum absolute atomic E-state index is 12.6. The van der Waals surface area contributed by atoms with Gasteiger partial charge in [0, 0.05) is 28.1 Å². The Labute approximate surface area is 158 Å². The number of carbonyl (C=O) groups is 1. The summed E-state index contributed by atoms with van der Waals surface area (Å²) >= 11 is 4.50. The van der Waals surface area contributed by atoms with Gasteiger partial charge in [-0.2, -0.15) is 0 Å². The summed E-state index contributed by atoms with van der Waals surface area (Å²) in [7, 11) is 0. The van der Waals surface area contributed by atoms with E-state index < -0.39 is 0 Å². The molecule has 0 saturated heterocycles. The number of hydrogen-bond donors (Lipinski definition) is 0. The first-order valence-corrected chi connectivity index (χ1v) is 9.39. The van der Waals surface area contributed by atoms with Gasteiger partial charge in [0.25, 0.3) is 5.56 Å². The van der Waals surface area contributed by atoms with Crippen molar-refractivity contribution < 1.29 is 4.79 Å². The van der Waals surface area contributed by atoms with E-state index in [1.54, 1.807) is 29.1 Å². The highest BCUT2D eigenvalue weighted by molar-refractivity contribution is 9.10. The summed E-state index contributed by atoms with van der Waals surface area (Å²) in [4.78, 5) is 29.0. The molecule has 0 atom stereocenters. The van der Waals surface area contributed by atoms with Crippen molar-refractivity contribution in [1.82, 2.24) is 9.55 Å². The third-order valence-corrected chi connectivity index (χ3v) is 5.12. The summed E-state index contributed by atoms with van der Waals surface area (Å²) in [6, 6.07) is 14.8. The Morgan fingerprint density at radius 1 is 1.12 bits per heavy atom. The van der Waals surface area contributed by atoms with Crippen molar-refractivity contribution in [2.45, 2.75) is 11.9 Å². The Morgan fingerprint density at radius 2 is 1.80 bits per heavy atom. The molecule has 126 valence electrons. The number of ketones is 1. The molecule has 3 rings (SSSR count). The van der Waals surface area contributed by atoms with Gasteiger partial charge in [-0.05, 0) is 31.2 Å². The minimum atomic E-state index is -0.222. The molecule has 2 aromatic carbocycles. The lowest BCUT2D eigenvalue weighted by Crippen LogP contribution is -2.21. The lowest BCUT2D eigenvalue weighted by Gasteiger charge is -2.07. The predicted molar refractivity (Wildman–Crippen MR) is 104 cm³/mol. The largest absolute Gasteiger partial charge is 0.293 e. The molecule has 4 nitrogen and oxygen atoms in total. The molecule has 1 aromatic heterocycles. The highest BCUT2D eigenvalue weighted by Crippen LogP contribution is 2.16. The molecule has 0 aliphatic carbocycles. The fourth-order valence-corrected chi connectivity index (χ4v) is 3.31. The first-order valence-electron chi connectivity index (χ1n) is 7.61. The average Bonchev–Trinajstić information content (AvgIpc) is 2.62. The van der Waals surface area contributed by atoms with Gasteiger partial charge < -0.3 is 0 Å². The minimum Gasteiger partial charge on any atom is -0.293 e. The molecule has 0 amide bonds. The molecule has 6 heteroatoms. The zero-order chi connectivity index (χ0) is 17.8. The van der Waals surface area contributed by atoms with E-state index in [-0.39, 0.29) is 17.1 Å². The van der Waals surface area contributed by atoms with Crippen LogP contribution < -0.4 is 5.56 Å². The highest BCUT2D eigenvalue weighted by atomic mass is 79.9. The summed E-state index contributed by atoms with van der Waals surface area (Å²) in [6.45, 7) is 1.99. The number of halogens is 1. The van der Waals surface area contributed by atoms with Gasteiger partial charge in [0.15, 0.2) is 10.8 Å². The highest BCUT2D eigenvalue weighted by Gasteiger charge is 2.11. The van der Waals surface area contributed by atoms with Crippen LogP contribution in [0.25, 0.3) is 5.69 Å². The molecule has 0 unspecified atom stereocenters. The number of rotatable bonds is 5. The Hall–Kier alpha value is -2.18. The van der Waals surface area contributed by atoms with Gasteiger partial charge in [0.05, 0.1) is 5.75 Å². The van der Waals surface area contributed by atoms with Gasteiger partial charge in [-0.15, -0.1) is 0 Å². The minimum absolute atomic E-state index is 0.0376. The van der Waals surface area contributed by atoms with Crippen molar-refractivity contribution in [3.8, 4) is 5.69 Å². The molecular formula is C19H15BrN2O2S. The number of carbonyl (C=O) groups excluding carboxylic acids is 1. The molecule has 25 heavy (non-hydrogen) atoms. The van der Waals surface area contributed by atoms with Gasteiger partial charge in [0.2, 0.25) is 0 Å². The maximum Gasteiger partial charge on any atom is 0.287 e. The topological polar surface area (TPSA) is 52.0 Å². The van der Waals surface area contributed by atoms with Crippen molar-refractivity contribution in [1.29, 1.82) is 0 Å². The number of aryl methyl sites for hydroxylation is 1. The summed E-state index contributed by atoms with van der Waals surface area (Å²) < 4.78 is 2.46. The SMILES string of the molecule is Cc1ccc(-n2ccnc(SCC(=O)c3ccc(Br)cc3)c2=O)cc1. The van der Waals surface area contributed by atoms with E-state index in [1.165, 1.54) is 0 Å². The fourth-order valence-electron chi connectivity index (χ4n) is 2.25. The van der Waals surface area contributed by atoms with Gasteiger partial charge in [-0.25, -0.2) is 4.98 Å². The summed E-state index contributed by atoms with van der Waals surface area (Å²) in [5, 5.41) is 0.313. The molecule has 0 N–H and O–H groups in total. The summed E-state index contributed by atoms with van der Waals surface area (Å²) in [5.74, 6) is 0.131. The smallest absolute Gasteiger partial charge is 0.287 e. The third kappa shape index (κ3) is 4.27. The van der Waals surface area contributed by atoms with Crippen molar-refractivity contribution in [2.24, 2.45) is 0 Å². The molecule has 0 spiro atoms. The van der Waals surface area contributed by atoms with E-state index in [9.17, 15) is 9.59 Å². The van der Waals surface area contributed by atoms with E-state index in [4.69, 9.17) is 0 Å². The second-order valence-electron chi connectivity index (χ2n) is 5.46. The van der Waals surface area contributed by atoms with Crippen LogP contribution in [0.3, 0.4) is 0 Å². The quantitative estimate of drug-likeness (QED) is 0.461. The van der Waals surface area contributed by atoms with Crippen LogP contribution in [0.2, 0.25) is 0 Å². The van der Waals surface area contributed by atoms with Gasteiger partial charge >= 0.3 is 0 Å². The molecule has 0 bridgehead atoms. The number of hydrogen-bond acceptors (Lipinski definition) is 4. The van der Waals surface area contributed by atoms with Gasteiger partial charge in [-0.3, -0.25) is 14.2 Å². The predicted octanol–water partition coefficient (Wildman–Crippen LogP) is 4.28. The second-order valence-corrected chi connectivity index (χ2v) is 7.34. The fraction of sp³-hybridized carbons (Fsp3) is 0.105. The Morgan fingerprint density at radius 3 is 2.48 bits per heavy atom. The number of nitrogens with zero attached hydrogens (tertiary/aromatic N) is 2. The van der Waals surface area contributed by atoms with Crippen LogP contribution >= 0.6 is 27.7 Å². The molecule has 0 aliphatic rings. The molecule has 0 radical (unpaired) electrons. The van der Waals surface area contributed by atoms with Crippen molar-refractivity contribution in [2.75, 3.05) is 5.75 Å². The van der Waals surface area contributed by atoms with Gasteiger partial charge in [0.1, 0.15) is 0 Å². The first kappa shape index (κ1) is 17.6. The molecule has 3 aromatic rings. The first-order chi connectivity index (χ1) is 12.0. The average molecular weight is 415 g/mol. The number of benzene rings is 2. The number of thioether (sulfide) groups is 1. The standard InChI is InChI=1S/C19H15BrN2O2S/c1-13-2-8-16(9-3-13)22-11-10-21-18(19(22)24)25-12-17(23)14-4-6-15(20)7-5-14/h2-11H,12H2,1H3. The Kier molecular flexibility index (Phi) is 5.50. The van der Waals surface area contributed by atoms with Crippen LogP contribution in [0.5, 0.6) is 0 Å². The van der Waals surface area contributed by atoms with E-state index in [0.717, 1.165) is 27.5 Å². The van der Waals surface area contributed by atoms with Crippen molar-refractivity contribution in [3.63, 3.8) is 0 Å². The monoisotopic (exact) mass is 414 g/mol. The van der Waals surface area contributed by atoms with Crippen LogP contribution in [0.4, 0.5) is 0 Å². The maximum atomic E-state index is 12.6. The van der Waals surface area contributed by atoms with Crippen molar-refractivity contribution in [3.05, 3.63) is 86.9 Å². The number of Topliss-reactive ketones (excluding diaryl/α,β-unsaturated/α-hetero) is 1. The van der Waals surface area contributed by atoms with E-state index >= 15 is 0 Å². The van der Waals surface area contributed by atoms with Crippen molar-refractivity contribution >= 4 is 33.5 Å². The Balaban J connectivity index is 1.78. The zero-order valence-corrected chi connectivity index (χ0v) is 15.9. The summed E-state index contributed by atoms with van der Waals surface area (Å²) in [6.07, 6.45) is 3.21. The molecular weight excluding hydrogens is 400 g/mol. The van der Waals surface area contributed by atoms with Crippen LogP contribution in [-0.2, 0) is 0 Å². The lowest BCUT2D eigenvalue weighted by atomic mass is 10.2. The molecule has 1 heterocycles. The van der Waals surface area contributed by atoms with E-state index in [1.807, 2.05) is 43.3 Å². The van der Waals surface area contributed by atoms with E-state index in [0.29, 0.717) is 10.6 Å². The number of aromatic nitrogens is 2. The molecule has 0 aliphatic heterocycles. The third-order valence-electron chi connectivity index (χ3n) is 3.63. The van der Waals surface area contributed by atoms with E-state index in [2.05, 4.69) is 20.9 Å². The summed E-state index contributed by atoms with van der Waals surface area (Å²) in [5.41, 5.74) is 2.30. The van der Waals surface area contributed by atoms with Crippen LogP contribution in [0.1, 0.15) is 15.9 Å². The lowest BCUT2D eigenvalue weighted by molar-refractivity contribution is 0.102. The van der Waals surface area contributed by atoms with Crippen LogP contribution in [-0.4, -0.2) is 21.1 Å². The zero-order valence-electron chi connectivity index (χ0n) is 13.5. The van der Waals surface area contributed by atoms with Gasteiger partial charge in [-0.1, -0.05) is 57.5 Å². The van der Waals surface area contributed by atoms with Crippen LogP contribution in [0.15, 0.2) is 75.2 Å². The van der Waals surface area contributed by atoms with Crippen LogP contribution in [0, 0.1) is 6.92 Å². The molecule has 0 saturated carbocycles. The normalized spacial score (nSPS) is 10.6. The Bertz CT molecular complexity index is 950. The second kappa shape index (κ2) is 7.80. The molecule has 0 fully saturated rings.